The Morgan fingerprint density at radius 3 is 2.75 bits per heavy atom. The first-order chi connectivity index (χ1) is 11.5. The first-order valence-electron chi connectivity index (χ1n) is 7.24. The summed E-state index contributed by atoms with van der Waals surface area (Å²) in [4.78, 5) is 11.9. The molecule has 0 bridgehead atoms. The summed E-state index contributed by atoms with van der Waals surface area (Å²) in [6.45, 7) is 2.21. The Kier molecular flexibility index (Phi) is 6.34. The van der Waals surface area contributed by atoms with Crippen molar-refractivity contribution in [3.63, 3.8) is 0 Å². The number of phenolic OH excluding ortho intramolecular Hbond substituents is 1. The van der Waals surface area contributed by atoms with Gasteiger partial charge < -0.3 is 14.9 Å². The fraction of sp³-hybridized carbons (Fsp3) is 0.176. The molecule has 7 heteroatoms. The topological polar surface area (TPSA) is 91.2 Å². The molecule has 0 spiro atoms. The van der Waals surface area contributed by atoms with Crippen molar-refractivity contribution < 1.29 is 19.7 Å². The number of amides is 1. The Bertz CT molecular complexity index is 735. The highest BCUT2D eigenvalue weighted by Gasteiger charge is 2.16. The Balaban J connectivity index is 2.05. The van der Waals surface area contributed by atoms with Crippen LogP contribution in [-0.4, -0.2) is 28.9 Å². The largest absolute Gasteiger partial charge is 0.503 e. The van der Waals surface area contributed by atoms with Gasteiger partial charge in [-0.2, -0.15) is 5.10 Å². The molecule has 24 heavy (non-hydrogen) atoms. The Morgan fingerprint density at radius 1 is 1.38 bits per heavy atom. The number of phenols is 1. The number of aromatic hydroxyl groups is 1. The van der Waals surface area contributed by atoms with E-state index in [0.717, 1.165) is 0 Å². The summed E-state index contributed by atoms with van der Waals surface area (Å²) >= 11 is 3.22. The Labute approximate surface area is 147 Å². The zero-order chi connectivity index (χ0) is 17.5. The second-order valence-electron chi connectivity index (χ2n) is 4.83. The van der Waals surface area contributed by atoms with Crippen LogP contribution in [-0.2, 0) is 4.79 Å². The molecule has 0 saturated heterocycles. The average Bonchev–Trinajstić information content (AvgIpc) is 2.59. The predicted molar refractivity (Wildman–Crippen MR) is 94.1 cm³/mol. The van der Waals surface area contributed by atoms with Crippen LogP contribution in [0.15, 0.2) is 52.0 Å². The maximum Gasteiger partial charge on any atom is 0.273 e. The van der Waals surface area contributed by atoms with Gasteiger partial charge in [-0.3, -0.25) is 4.79 Å². The minimum atomic E-state index is -1.30. The molecule has 0 fully saturated rings. The van der Waals surface area contributed by atoms with Gasteiger partial charge in [0.25, 0.3) is 5.91 Å². The summed E-state index contributed by atoms with van der Waals surface area (Å²) in [6.07, 6.45) is 0.0939. The first-order valence-corrected chi connectivity index (χ1v) is 8.03. The molecule has 0 unspecified atom stereocenters. The third-order valence-electron chi connectivity index (χ3n) is 3.10. The summed E-state index contributed by atoms with van der Waals surface area (Å²) in [5.41, 5.74) is 3.37. The number of hydrogen-bond donors (Lipinski definition) is 3. The minimum absolute atomic E-state index is 0.00228. The van der Waals surface area contributed by atoms with E-state index in [1.807, 2.05) is 0 Å². The highest BCUT2D eigenvalue weighted by molar-refractivity contribution is 9.10. The average molecular weight is 393 g/mol. The van der Waals surface area contributed by atoms with Crippen molar-refractivity contribution in [1.29, 1.82) is 0 Å². The lowest BCUT2D eigenvalue weighted by Crippen LogP contribution is -2.25. The van der Waals surface area contributed by atoms with Crippen LogP contribution in [0.1, 0.15) is 24.2 Å². The van der Waals surface area contributed by atoms with Crippen molar-refractivity contribution in [2.45, 2.75) is 13.0 Å². The van der Waals surface area contributed by atoms with Gasteiger partial charge in [0.05, 0.1) is 17.3 Å². The van der Waals surface area contributed by atoms with Gasteiger partial charge in [-0.15, -0.1) is 0 Å². The third-order valence-corrected chi connectivity index (χ3v) is 3.71. The summed E-state index contributed by atoms with van der Waals surface area (Å²) in [7, 11) is 0. The number of carbonyl (C=O) groups excluding carboxylic acids is 1. The van der Waals surface area contributed by atoms with Crippen molar-refractivity contribution >= 4 is 28.1 Å². The summed E-state index contributed by atoms with van der Waals surface area (Å²) in [5, 5.41) is 23.6. The van der Waals surface area contributed by atoms with Crippen LogP contribution in [0.25, 0.3) is 0 Å². The molecule has 0 aliphatic carbocycles. The molecule has 0 radical (unpaired) electrons. The number of rotatable bonds is 6. The Morgan fingerprint density at radius 2 is 2.08 bits per heavy atom. The number of hydrogen-bond acceptors (Lipinski definition) is 5. The van der Waals surface area contributed by atoms with Gasteiger partial charge in [-0.1, -0.05) is 30.3 Å². The van der Waals surface area contributed by atoms with Crippen LogP contribution in [0.4, 0.5) is 0 Å². The van der Waals surface area contributed by atoms with Gasteiger partial charge in [-0.25, -0.2) is 5.43 Å². The number of nitrogens with zero attached hydrogens (tertiary/aromatic N) is 1. The number of ether oxygens (including phenoxy) is 1. The smallest absolute Gasteiger partial charge is 0.273 e. The highest BCUT2D eigenvalue weighted by Crippen LogP contribution is 2.35. The van der Waals surface area contributed by atoms with Crippen LogP contribution in [0.3, 0.4) is 0 Å². The molecular formula is C17H17BrN2O4. The fourth-order valence-electron chi connectivity index (χ4n) is 1.95. The highest BCUT2D eigenvalue weighted by atomic mass is 79.9. The predicted octanol–water partition coefficient (Wildman–Crippen LogP) is 2.74. The van der Waals surface area contributed by atoms with E-state index < -0.39 is 12.0 Å². The number of aliphatic hydroxyl groups excluding tert-OH is 1. The van der Waals surface area contributed by atoms with E-state index in [4.69, 9.17) is 4.74 Å². The van der Waals surface area contributed by atoms with E-state index >= 15 is 0 Å². The van der Waals surface area contributed by atoms with Crippen LogP contribution in [0, 0.1) is 0 Å². The number of benzene rings is 2. The molecule has 0 aromatic heterocycles. The molecule has 2 rings (SSSR count). The molecule has 0 aliphatic heterocycles. The van der Waals surface area contributed by atoms with Gasteiger partial charge in [0.15, 0.2) is 17.6 Å². The molecule has 2 aromatic rings. The molecule has 126 valence electrons. The van der Waals surface area contributed by atoms with Crippen molar-refractivity contribution in [3.8, 4) is 11.5 Å². The second kappa shape index (κ2) is 8.47. The van der Waals surface area contributed by atoms with Gasteiger partial charge in [0, 0.05) is 0 Å². The number of hydrazone groups is 1. The van der Waals surface area contributed by atoms with Crippen molar-refractivity contribution in [2.24, 2.45) is 5.10 Å². The number of carbonyl (C=O) groups is 1. The van der Waals surface area contributed by atoms with E-state index in [1.165, 1.54) is 6.21 Å². The molecule has 1 atom stereocenters. The van der Waals surface area contributed by atoms with Crippen LogP contribution < -0.4 is 10.2 Å². The van der Waals surface area contributed by atoms with E-state index in [0.29, 0.717) is 28.0 Å². The Hall–Kier alpha value is -2.38. The summed E-state index contributed by atoms with van der Waals surface area (Å²) < 4.78 is 5.76. The molecule has 3 N–H and O–H groups in total. The van der Waals surface area contributed by atoms with E-state index in [2.05, 4.69) is 26.5 Å². The molecule has 0 aliphatic rings. The first kappa shape index (κ1) is 18.0. The van der Waals surface area contributed by atoms with E-state index in [-0.39, 0.29) is 5.75 Å². The number of aliphatic hydroxyl groups is 1. The lowest BCUT2D eigenvalue weighted by molar-refractivity contribution is -0.129. The van der Waals surface area contributed by atoms with Crippen LogP contribution >= 0.6 is 15.9 Å². The maximum absolute atomic E-state index is 11.9. The monoisotopic (exact) mass is 392 g/mol. The molecule has 0 heterocycles. The molecular weight excluding hydrogens is 376 g/mol. The molecule has 0 saturated carbocycles. The van der Waals surface area contributed by atoms with Gasteiger partial charge >= 0.3 is 0 Å². The second-order valence-corrected chi connectivity index (χ2v) is 5.68. The quantitative estimate of drug-likeness (QED) is 0.520. The van der Waals surface area contributed by atoms with Crippen LogP contribution in [0.5, 0.6) is 11.5 Å². The summed E-state index contributed by atoms with van der Waals surface area (Å²) in [5.74, 6) is -0.332. The van der Waals surface area contributed by atoms with Gasteiger partial charge in [-0.05, 0) is 46.1 Å². The van der Waals surface area contributed by atoms with Crippen molar-refractivity contribution in [2.75, 3.05) is 6.61 Å². The molecule has 6 nitrogen and oxygen atoms in total. The standard InChI is InChI=1S/C17H17BrN2O4/c1-2-24-14-9-11(8-13(18)16(14)22)10-19-20-17(23)15(21)12-6-4-3-5-7-12/h3-10,15,21-22H,2H2,1H3,(H,20,23)/b19-10-/t15-/m1/s1. The zero-order valence-corrected chi connectivity index (χ0v) is 14.5. The fourth-order valence-corrected chi connectivity index (χ4v) is 2.41. The zero-order valence-electron chi connectivity index (χ0n) is 12.9. The minimum Gasteiger partial charge on any atom is -0.503 e. The van der Waals surface area contributed by atoms with Gasteiger partial charge in [0.1, 0.15) is 0 Å². The van der Waals surface area contributed by atoms with Gasteiger partial charge in [0.2, 0.25) is 0 Å². The normalized spacial score (nSPS) is 12.1. The van der Waals surface area contributed by atoms with Crippen molar-refractivity contribution in [1.82, 2.24) is 5.43 Å². The number of halogens is 1. The molecule has 1 amide bonds. The maximum atomic E-state index is 11.9. The lowest BCUT2D eigenvalue weighted by Gasteiger charge is -2.09. The van der Waals surface area contributed by atoms with E-state index in [1.54, 1.807) is 49.4 Å². The molecule has 2 aromatic carbocycles. The summed E-state index contributed by atoms with van der Waals surface area (Å²) in [6, 6.07) is 11.8. The SMILES string of the molecule is CCOc1cc(/C=N\NC(=O)[C@H](O)c2ccccc2)cc(Br)c1O. The lowest BCUT2D eigenvalue weighted by atomic mass is 10.1. The number of nitrogens with one attached hydrogen (secondary N) is 1. The van der Waals surface area contributed by atoms with Crippen molar-refractivity contribution in [3.05, 3.63) is 58.1 Å². The van der Waals surface area contributed by atoms with E-state index in [9.17, 15) is 15.0 Å². The third kappa shape index (κ3) is 4.56. The van der Waals surface area contributed by atoms with Crippen LogP contribution in [0.2, 0.25) is 0 Å².